The van der Waals surface area contributed by atoms with Crippen LogP contribution < -0.4 is 11.5 Å². The van der Waals surface area contributed by atoms with Crippen LogP contribution in [0.5, 0.6) is 0 Å². The Labute approximate surface area is 127 Å². The molecule has 0 aliphatic heterocycles. The second-order valence-electron chi connectivity index (χ2n) is 4.34. The summed E-state index contributed by atoms with van der Waals surface area (Å²) in [5, 5.41) is 17.2. The first-order valence-electron chi connectivity index (χ1n) is 6.15. The van der Waals surface area contributed by atoms with E-state index < -0.39 is 24.0 Å². The number of rotatable bonds is 12. The van der Waals surface area contributed by atoms with E-state index in [4.69, 9.17) is 21.7 Å². The van der Waals surface area contributed by atoms with Gasteiger partial charge in [-0.25, -0.2) is 0 Å². The van der Waals surface area contributed by atoms with Crippen LogP contribution in [0.25, 0.3) is 0 Å². The zero-order valence-electron chi connectivity index (χ0n) is 11.5. The van der Waals surface area contributed by atoms with E-state index in [2.05, 4.69) is 4.90 Å². The van der Waals surface area contributed by atoms with Crippen LogP contribution in [0.4, 0.5) is 0 Å². The molecule has 0 amide bonds. The van der Waals surface area contributed by atoms with Crippen molar-refractivity contribution in [3.05, 3.63) is 0 Å². The molecule has 0 unspecified atom stereocenters. The van der Waals surface area contributed by atoms with Crippen molar-refractivity contribution in [2.24, 2.45) is 11.5 Å². The highest BCUT2D eigenvalue weighted by molar-refractivity contribution is 7.99. The lowest BCUT2D eigenvalue weighted by Gasteiger charge is -2.16. The molecule has 0 spiro atoms. The van der Waals surface area contributed by atoms with E-state index in [0.717, 1.165) is 24.6 Å². The Kier molecular flexibility index (Phi) is 10.9. The topological polar surface area (TPSA) is 130 Å². The van der Waals surface area contributed by atoms with Crippen LogP contribution in [0.3, 0.4) is 0 Å². The Morgan fingerprint density at radius 1 is 1.00 bits per heavy atom. The number of hydrogen-bond donors (Lipinski definition) is 4. The standard InChI is InChI=1S/C11H23N3O4S2/c1-14(2-4-19-6-8(12)10(15)16)3-5-20-7-9(13)11(17)18/h8-9H,2-7,12-13H2,1H3,(H,15,16)(H,17,18)/t8-,9-/m0/s1. The first-order chi connectivity index (χ1) is 9.34. The molecule has 0 heterocycles. The molecule has 0 saturated carbocycles. The number of thioether (sulfide) groups is 2. The molecular weight excluding hydrogens is 302 g/mol. The van der Waals surface area contributed by atoms with Crippen LogP contribution in [-0.2, 0) is 9.59 Å². The van der Waals surface area contributed by atoms with Gasteiger partial charge in [-0.15, -0.1) is 0 Å². The van der Waals surface area contributed by atoms with Gasteiger partial charge in [-0.3, -0.25) is 9.59 Å². The number of aliphatic carboxylic acids is 2. The maximum absolute atomic E-state index is 10.5. The molecule has 0 aliphatic rings. The minimum absolute atomic E-state index is 0.408. The molecule has 0 aromatic heterocycles. The highest BCUT2D eigenvalue weighted by Crippen LogP contribution is 2.05. The average Bonchev–Trinajstić information content (AvgIpc) is 2.38. The fraction of sp³-hybridized carbons (Fsp3) is 0.818. The lowest BCUT2D eigenvalue weighted by molar-refractivity contribution is -0.138. The van der Waals surface area contributed by atoms with Crippen molar-refractivity contribution < 1.29 is 19.8 Å². The molecule has 9 heteroatoms. The fourth-order valence-electron chi connectivity index (χ4n) is 1.12. The molecule has 2 atom stereocenters. The molecule has 0 fully saturated rings. The smallest absolute Gasteiger partial charge is 0.321 e. The average molecular weight is 325 g/mol. The third-order valence-corrected chi connectivity index (χ3v) is 4.60. The van der Waals surface area contributed by atoms with Crippen LogP contribution in [0.1, 0.15) is 0 Å². The number of nitrogens with two attached hydrogens (primary N) is 2. The second kappa shape index (κ2) is 11.2. The lowest BCUT2D eigenvalue weighted by atomic mass is 10.4. The molecular formula is C11H23N3O4S2. The van der Waals surface area contributed by atoms with E-state index in [1.807, 2.05) is 7.05 Å². The fourth-order valence-corrected chi connectivity index (χ4v) is 3.12. The van der Waals surface area contributed by atoms with E-state index in [1.54, 1.807) is 0 Å². The van der Waals surface area contributed by atoms with Crippen LogP contribution >= 0.6 is 23.5 Å². The number of hydrogen-bond acceptors (Lipinski definition) is 7. The summed E-state index contributed by atoms with van der Waals surface area (Å²) in [7, 11) is 1.97. The quantitative estimate of drug-likeness (QED) is 0.341. The second-order valence-corrected chi connectivity index (χ2v) is 6.64. The molecule has 20 heavy (non-hydrogen) atoms. The first-order valence-corrected chi connectivity index (χ1v) is 8.46. The van der Waals surface area contributed by atoms with Crippen molar-refractivity contribution in [3.63, 3.8) is 0 Å². The van der Waals surface area contributed by atoms with Gasteiger partial charge in [0.05, 0.1) is 0 Å². The van der Waals surface area contributed by atoms with Gasteiger partial charge in [0.1, 0.15) is 12.1 Å². The van der Waals surface area contributed by atoms with Gasteiger partial charge in [0.25, 0.3) is 0 Å². The highest BCUT2D eigenvalue weighted by atomic mass is 32.2. The number of carboxylic acid groups (broad SMARTS) is 2. The zero-order chi connectivity index (χ0) is 15.5. The first kappa shape index (κ1) is 19.5. The van der Waals surface area contributed by atoms with Crippen LogP contribution in [0.15, 0.2) is 0 Å². The van der Waals surface area contributed by atoms with Crippen molar-refractivity contribution in [2.45, 2.75) is 12.1 Å². The molecule has 0 aromatic carbocycles. The van der Waals surface area contributed by atoms with Crippen molar-refractivity contribution in [2.75, 3.05) is 43.1 Å². The SMILES string of the molecule is CN(CCSC[C@H](N)C(=O)O)CCSC[C@H](N)C(=O)O. The molecule has 118 valence electrons. The van der Waals surface area contributed by atoms with E-state index in [0.29, 0.717) is 11.5 Å². The summed E-state index contributed by atoms with van der Waals surface area (Å²) in [5.41, 5.74) is 10.8. The maximum atomic E-state index is 10.5. The van der Waals surface area contributed by atoms with Crippen molar-refractivity contribution in [1.82, 2.24) is 4.90 Å². The van der Waals surface area contributed by atoms with E-state index in [-0.39, 0.29) is 0 Å². The molecule has 0 saturated heterocycles. The van der Waals surface area contributed by atoms with Crippen molar-refractivity contribution in [3.8, 4) is 0 Å². The van der Waals surface area contributed by atoms with Crippen molar-refractivity contribution >= 4 is 35.5 Å². The summed E-state index contributed by atoms with van der Waals surface area (Å²) in [4.78, 5) is 23.1. The summed E-state index contributed by atoms with van der Waals surface area (Å²) in [6.45, 7) is 1.67. The molecule has 0 aromatic rings. The van der Waals surface area contributed by atoms with E-state index in [1.165, 1.54) is 23.5 Å². The highest BCUT2D eigenvalue weighted by Gasteiger charge is 2.12. The van der Waals surface area contributed by atoms with Crippen LogP contribution in [0.2, 0.25) is 0 Å². The Bertz CT molecular complexity index is 279. The third-order valence-electron chi connectivity index (χ3n) is 2.46. The summed E-state index contributed by atoms with van der Waals surface area (Å²) in [5.74, 6) is 0.499. The molecule has 6 N–H and O–H groups in total. The normalized spacial score (nSPS) is 14.2. The van der Waals surface area contributed by atoms with Gasteiger partial charge in [0, 0.05) is 36.1 Å². The molecule has 7 nitrogen and oxygen atoms in total. The van der Waals surface area contributed by atoms with Crippen molar-refractivity contribution in [1.29, 1.82) is 0 Å². The van der Waals surface area contributed by atoms with Gasteiger partial charge >= 0.3 is 11.9 Å². The number of nitrogens with zero attached hydrogens (tertiary/aromatic N) is 1. The summed E-state index contributed by atoms with van der Waals surface area (Å²) < 4.78 is 0. The Morgan fingerprint density at radius 2 is 1.35 bits per heavy atom. The Balaban J connectivity index is 3.48. The van der Waals surface area contributed by atoms with Gasteiger partial charge in [0.2, 0.25) is 0 Å². The number of carboxylic acids is 2. The maximum Gasteiger partial charge on any atom is 0.321 e. The minimum Gasteiger partial charge on any atom is -0.480 e. The molecule has 0 aliphatic carbocycles. The van der Waals surface area contributed by atoms with Gasteiger partial charge < -0.3 is 26.6 Å². The molecule has 0 bridgehead atoms. The minimum atomic E-state index is -0.975. The largest absolute Gasteiger partial charge is 0.480 e. The summed E-state index contributed by atoms with van der Waals surface area (Å²) in [6.07, 6.45) is 0. The third kappa shape index (κ3) is 10.3. The predicted molar refractivity (Wildman–Crippen MR) is 83.4 cm³/mol. The number of carbonyl (C=O) groups is 2. The van der Waals surface area contributed by atoms with Crippen LogP contribution in [-0.4, -0.2) is 82.3 Å². The van der Waals surface area contributed by atoms with Crippen LogP contribution in [0, 0.1) is 0 Å². The van der Waals surface area contributed by atoms with Gasteiger partial charge in [-0.1, -0.05) is 0 Å². The summed E-state index contributed by atoms with van der Waals surface area (Å²) in [6, 6.07) is -1.61. The Hall–Kier alpha value is -0.480. The monoisotopic (exact) mass is 325 g/mol. The van der Waals surface area contributed by atoms with Gasteiger partial charge in [-0.05, 0) is 7.05 Å². The Morgan fingerprint density at radius 3 is 1.65 bits per heavy atom. The van der Waals surface area contributed by atoms with E-state index in [9.17, 15) is 9.59 Å². The van der Waals surface area contributed by atoms with Gasteiger partial charge in [0.15, 0.2) is 0 Å². The molecule has 0 rings (SSSR count). The lowest BCUT2D eigenvalue weighted by Crippen LogP contribution is -2.33. The van der Waals surface area contributed by atoms with Gasteiger partial charge in [-0.2, -0.15) is 23.5 Å². The summed E-state index contributed by atoms with van der Waals surface area (Å²) >= 11 is 3.03. The van der Waals surface area contributed by atoms with E-state index >= 15 is 0 Å². The molecule has 0 radical (unpaired) electrons. The zero-order valence-corrected chi connectivity index (χ0v) is 13.2. The predicted octanol–water partition coefficient (Wildman–Crippen LogP) is -0.792.